The maximum Gasteiger partial charge on any atom is 0.0573 e. The Morgan fingerprint density at radius 2 is 0.969 bits per heavy atom. The third-order valence-electron chi connectivity index (χ3n) is 6.45. The minimum absolute atomic E-state index is 0.176. The minimum atomic E-state index is 0.176. The Bertz CT molecular complexity index is 915. The van der Waals surface area contributed by atoms with E-state index in [0.29, 0.717) is 0 Å². The normalized spacial score (nSPS) is 14.5. The molecule has 0 saturated carbocycles. The molecule has 0 spiro atoms. The molecule has 3 aromatic heterocycles. The molecule has 0 radical (unpaired) electrons. The highest BCUT2D eigenvalue weighted by Gasteiger charge is 2.25. The van der Waals surface area contributed by atoms with Crippen LogP contribution < -0.4 is 0 Å². The number of rotatable bonds is 9. The highest BCUT2D eigenvalue weighted by atomic mass is 15.2. The zero-order chi connectivity index (χ0) is 23.3. The van der Waals surface area contributed by atoms with Crippen molar-refractivity contribution in [3.05, 3.63) is 88.8 Å². The molecule has 5 nitrogen and oxygen atoms in total. The van der Waals surface area contributed by atoms with E-state index in [1.165, 1.54) is 16.7 Å². The smallest absolute Gasteiger partial charge is 0.0573 e. The van der Waals surface area contributed by atoms with Gasteiger partial charge in [-0.15, -0.1) is 0 Å². The molecule has 0 aliphatic heterocycles. The second-order valence-corrected chi connectivity index (χ2v) is 9.03. The van der Waals surface area contributed by atoms with Gasteiger partial charge in [0.05, 0.1) is 17.1 Å². The highest BCUT2D eigenvalue weighted by molar-refractivity contribution is 5.18. The van der Waals surface area contributed by atoms with Crippen LogP contribution in [-0.2, 0) is 0 Å². The second-order valence-electron chi connectivity index (χ2n) is 9.03. The molecule has 170 valence electrons. The molecule has 0 bridgehead atoms. The Morgan fingerprint density at radius 3 is 1.31 bits per heavy atom. The fraction of sp³-hybridized carbons (Fsp3) is 0.444. The van der Waals surface area contributed by atoms with Gasteiger partial charge in [0.2, 0.25) is 0 Å². The lowest BCUT2D eigenvalue weighted by Crippen LogP contribution is -2.38. The van der Waals surface area contributed by atoms with E-state index in [-0.39, 0.29) is 18.1 Å². The predicted octanol–water partition coefficient (Wildman–Crippen LogP) is 5.61. The molecule has 0 N–H and O–H groups in total. The standard InChI is InChI=1S/C27H37N5/c1-19-8-11-25(28-16-19)22(4)31(7)14-15-32(23(5)26-12-9-20(2)17-29-26)24(6)27-13-10-21(3)18-30-27/h8-13,16-18,22-24H,14-15H2,1-7H3. The van der Waals surface area contributed by atoms with Crippen LogP contribution in [0.15, 0.2) is 55.0 Å². The van der Waals surface area contributed by atoms with Crippen LogP contribution in [0.25, 0.3) is 0 Å². The third kappa shape index (κ3) is 5.99. The van der Waals surface area contributed by atoms with E-state index >= 15 is 0 Å². The first-order valence-electron chi connectivity index (χ1n) is 11.5. The molecule has 3 unspecified atom stereocenters. The van der Waals surface area contributed by atoms with Crippen LogP contribution in [0.3, 0.4) is 0 Å². The van der Waals surface area contributed by atoms with Crippen LogP contribution in [-0.4, -0.2) is 44.9 Å². The molecule has 3 heterocycles. The maximum atomic E-state index is 4.72. The van der Waals surface area contributed by atoms with Gasteiger partial charge in [-0.25, -0.2) is 0 Å². The summed E-state index contributed by atoms with van der Waals surface area (Å²) in [6, 6.07) is 13.4. The van der Waals surface area contributed by atoms with Crippen LogP contribution in [0.5, 0.6) is 0 Å². The summed E-state index contributed by atoms with van der Waals surface area (Å²) in [4.78, 5) is 18.9. The van der Waals surface area contributed by atoms with Gasteiger partial charge in [-0.3, -0.25) is 24.8 Å². The van der Waals surface area contributed by atoms with Crippen molar-refractivity contribution in [2.75, 3.05) is 20.1 Å². The summed E-state index contributed by atoms with van der Waals surface area (Å²) in [6.45, 7) is 14.8. The molecule has 5 heteroatoms. The fourth-order valence-electron chi connectivity index (χ4n) is 3.93. The van der Waals surface area contributed by atoms with E-state index in [4.69, 9.17) is 9.97 Å². The Morgan fingerprint density at radius 1 is 0.594 bits per heavy atom. The van der Waals surface area contributed by atoms with Crippen LogP contribution in [0.4, 0.5) is 0 Å². The van der Waals surface area contributed by atoms with Crippen LogP contribution in [0.1, 0.15) is 72.7 Å². The SMILES string of the molecule is Cc1ccc(C(C)N(C)CCN(C(C)c2ccc(C)cn2)C(C)c2ccc(C)cn2)nc1. The molecular formula is C27H37N5. The van der Waals surface area contributed by atoms with Crippen molar-refractivity contribution in [3.63, 3.8) is 0 Å². The van der Waals surface area contributed by atoms with Crippen molar-refractivity contribution >= 4 is 0 Å². The summed E-state index contributed by atoms with van der Waals surface area (Å²) < 4.78 is 0. The Balaban J connectivity index is 1.78. The van der Waals surface area contributed by atoms with Crippen molar-refractivity contribution in [2.45, 2.75) is 59.7 Å². The summed E-state index contributed by atoms with van der Waals surface area (Å²) in [5, 5.41) is 0. The summed E-state index contributed by atoms with van der Waals surface area (Å²) in [6.07, 6.45) is 5.86. The Labute approximate surface area is 193 Å². The summed E-state index contributed by atoms with van der Waals surface area (Å²) in [5.41, 5.74) is 6.83. The van der Waals surface area contributed by atoms with Crippen LogP contribution >= 0.6 is 0 Å². The zero-order valence-corrected chi connectivity index (χ0v) is 20.6. The number of aromatic nitrogens is 3. The Hall–Kier alpha value is -2.63. The monoisotopic (exact) mass is 431 g/mol. The lowest BCUT2D eigenvalue weighted by molar-refractivity contribution is 0.119. The van der Waals surface area contributed by atoms with E-state index in [1.807, 2.05) is 18.6 Å². The molecule has 0 aromatic carbocycles. The van der Waals surface area contributed by atoms with E-state index in [9.17, 15) is 0 Å². The van der Waals surface area contributed by atoms with Gasteiger partial charge in [-0.1, -0.05) is 18.2 Å². The van der Waals surface area contributed by atoms with E-state index in [1.54, 1.807) is 0 Å². The number of hydrogen-bond acceptors (Lipinski definition) is 5. The Kier molecular flexibility index (Phi) is 8.10. The molecule has 3 atom stereocenters. The van der Waals surface area contributed by atoms with Crippen molar-refractivity contribution < 1.29 is 0 Å². The van der Waals surface area contributed by atoms with Crippen molar-refractivity contribution in [1.29, 1.82) is 0 Å². The van der Waals surface area contributed by atoms with Gasteiger partial charge in [0.25, 0.3) is 0 Å². The third-order valence-corrected chi connectivity index (χ3v) is 6.45. The van der Waals surface area contributed by atoms with Crippen LogP contribution in [0, 0.1) is 20.8 Å². The van der Waals surface area contributed by atoms with Gasteiger partial charge >= 0.3 is 0 Å². The topological polar surface area (TPSA) is 45.2 Å². The van der Waals surface area contributed by atoms with Gasteiger partial charge in [-0.2, -0.15) is 0 Å². The number of aryl methyl sites for hydroxylation is 3. The average molecular weight is 432 g/mol. The molecule has 3 rings (SSSR count). The van der Waals surface area contributed by atoms with Crippen molar-refractivity contribution in [1.82, 2.24) is 24.8 Å². The van der Waals surface area contributed by atoms with Gasteiger partial charge in [0, 0.05) is 49.8 Å². The second kappa shape index (κ2) is 10.8. The number of hydrogen-bond donors (Lipinski definition) is 0. The van der Waals surface area contributed by atoms with E-state index in [2.05, 4.69) is 99.8 Å². The first-order valence-corrected chi connectivity index (χ1v) is 11.5. The quantitative estimate of drug-likeness (QED) is 0.440. The zero-order valence-electron chi connectivity index (χ0n) is 20.6. The van der Waals surface area contributed by atoms with Crippen molar-refractivity contribution in [2.24, 2.45) is 0 Å². The van der Waals surface area contributed by atoms with Crippen molar-refractivity contribution in [3.8, 4) is 0 Å². The number of likely N-dealkylation sites (N-methyl/N-ethyl adjacent to an activating group) is 1. The van der Waals surface area contributed by atoms with Gasteiger partial charge in [0.15, 0.2) is 0 Å². The summed E-state index contributed by atoms with van der Waals surface area (Å²) >= 11 is 0. The highest BCUT2D eigenvalue weighted by Crippen LogP contribution is 2.29. The summed E-state index contributed by atoms with van der Waals surface area (Å²) in [5.74, 6) is 0. The first-order chi connectivity index (χ1) is 15.3. The van der Waals surface area contributed by atoms with Gasteiger partial charge in [0.1, 0.15) is 0 Å². The molecule has 0 aliphatic rings. The molecule has 0 aliphatic carbocycles. The number of pyridine rings is 3. The lowest BCUT2D eigenvalue weighted by Gasteiger charge is -2.36. The van der Waals surface area contributed by atoms with Crippen LogP contribution in [0.2, 0.25) is 0 Å². The molecule has 32 heavy (non-hydrogen) atoms. The molecular weight excluding hydrogens is 394 g/mol. The first kappa shape index (κ1) is 24.0. The minimum Gasteiger partial charge on any atom is -0.297 e. The predicted molar refractivity (Wildman–Crippen MR) is 132 cm³/mol. The largest absolute Gasteiger partial charge is 0.297 e. The molecule has 0 saturated heterocycles. The lowest BCUT2D eigenvalue weighted by atomic mass is 10.1. The fourth-order valence-corrected chi connectivity index (χ4v) is 3.93. The molecule has 0 fully saturated rings. The summed E-state index contributed by atoms with van der Waals surface area (Å²) in [7, 11) is 2.17. The van der Waals surface area contributed by atoms with Gasteiger partial charge in [-0.05, 0) is 83.5 Å². The van der Waals surface area contributed by atoms with Gasteiger partial charge < -0.3 is 0 Å². The average Bonchev–Trinajstić information content (AvgIpc) is 2.79. The molecule has 0 amide bonds. The van der Waals surface area contributed by atoms with E-state index < -0.39 is 0 Å². The van der Waals surface area contributed by atoms with E-state index in [0.717, 1.165) is 30.2 Å². The number of nitrogens with zero attached hydrogens (tertiary/aromatic N) is 5. The molecule has 3 aromatic rings. The maximum absolute atomic E-state index is 4.72.